The van der Waals surface area contributed by atoms with Crippen LogP contribution in [0.5, 0.6) is 5.75 Å². The quantitative estimate of drug-likeness (QED) is 0.581. The summed E-state index contributed by atoms with van der Waals surface area (Å²) in [7, 11) is 1.94. The van der Waals surface area contributed by atoms with Crippen LogP contribution in [0.1, 0.15) is 13.3 Å². The van der Waals surface area contributed by atoms with E-state index < -0.39 is 0 Å². The number of carbonyl (C=O) groups is 1. The lowest BCUT2D eigenvalue weighted by atomic mass is 10.0. The third-order valence-electron chi connectivity index (χ3n) is 5.75. The van der Waals surface area contributed by atoms with Gasteiger partial charge in [-0.1, -0.05) is 6.07 Å². The molecule has 146 valence electrons. The SMILES string of the molecule is C[C@@H](Oc1cc(-c2ccc3c(cnn3C)c2)cc2ncccc12)[C@@H]1CNC(=O)C1. The molecule has 0 unspecified atom stereocenters. The highest BCUT2D eigenvalue weighted by molar-refractivity contribution is 5.92. The van der Waals surface area contributed by atoms with E-state index in [2.05, 4.69) is 45.7 Å². The second-order valence-electron chi connectivity index (χ2n) is 7.68. The molecule has 2 aromatic carbocycles. The fourth-order valence-electron chi connectivity index (χ4n) is 4.01. The highest BCUT2D eigenvalue weighted by Gasteiger charge is 2.28. The molecule has 0 bridgehead atoms. The van der Waals surface area contributed by atoms with Gasteiger partial charge in [0.25, 0.3) is 0 Å². The molecule has 6 heteroatoms. The van der Waals surface area contributed by atoms with Gasteiger partial charge in [-0.15, -0.1) is 0 Å². The van der Waals surface area contributed by atoms with Crippen molar-refractivity contribution in [1.29, 1.82) is 0 Å². The molecule has 1 N–H and O–H groups in total. The first-order valence-corrected chi connectivity index (χ1v) is 9.83. The van der Waals surface area contributed by atoms with Crippen molar-refractivity contribution in [3.63, 3.8) is 0 Å². The maximum absolute atomic E-state index is 11.6. The molecular weight excluding hydrogens is 364 g/mol. The summed E-state index contributed by atoms with van der Waals surface area (Å²) in [6, 6.07) is 14.4. The Morgan fingerprint density at radius 2 is 2.10 bits per heavy atom. The molecule has 1 amide bonds. The molecule has 5 rings (SSSR count). The molecule has 3 heterocycles. The maximum atomic E-state index is 11.6. The first-order chi connectivity index (χ1) is 14.1. The van der Waals surface area contributed by atoms with Gasteiger partial charge in [-0.05, 0) is 54.4 Å². The van der Waals surface area contributed by atoms with Gasteiger partial charge in [0, 0.05) is 42.9 Å². The summed E-state index contributed by atoms with van der Waals surface area (Å²) in [5.41, 5.74) is 4.12. The molecule has 1 aliphatic rings. The van der Waals surface area contributed by atoms with E-state index in [4.69, 9.17) is 4.74 Å². The van der Waals surface area contributed by atoms with Gasteiger partial charge in [0.05, 0.1) is 17.2 Å². The molecule has 0 spiro atoms. The summed E-state index contributed by atoms with van der Waals surface area (Å²) in [5, 5.41) is 9.29. The zero-order chi connectivity index (χ0) is 20.0. The van der Waals surface area contributed by atoms with E-state index in [1.807, 2.05) is 37.0 Å². The van der Waals surface area contributed by atoms with E-state index >= 15 is 0 Å². The molecule has 2 atom stereocenters. The average molecular weight is 386 g/mol. The third-order valence-corrected chi connectivity index (χ3v) is 5.75. The molecule has 0 radical (unpaired) electrons. The standard InChI is InChI=1S/C23H22N4O2/c1-14(17-11-23(28)25-12-17)29-22-10-16(9-20-19(22)4-3-7-24-20)15-5-6-21-18(8-15)13-26-27(21)2/h3-10,13-14,17H,11-12H2,1-2H3,(H,25,28)/t14-,17+/m1/s1. The number of benzene rings is 2. The summed E-state index contributed by atoms with van der Waals surface area (Å²) in [6.07, 6.45) is 4.10. The zero-order valence-corrected chi connectivity index (χ0v) is 16.4. The van der Waals surface area contributed by atoms with Crippen LogP contribution in [-0.4, -0.2) is 33.3 Å². The van der Waals surface area contributed by atoms with Gasteiger partial charge >= 0.3 is 0 Å². The van der Waals surface area contributed by atoms with Crippen LogP contribution in [-0.2, 0) is 11.8 Å². The largest absolute Gasteiger partial charge is 0.490 e. The van der Waals surface area contributed by atoms with Crippen molar-refractivity contribution in [2.24, 2.45) is 13.0 Å². The molecule has 1 aliphatic heterocycles. The van der Waals surface area contributed by atoms with Gasteiger partial charge in [-0.25, -0.2) is 0 Å². The van der Waals surface area contributed by atoms with Crippen LogP contribution < -0.4 is 10.1 Å². The minimum absolute atomic E-state index is 0.0755. The second kappa shape index (κ2) is 6.88. The normalized spacial score (nSPS) is 17.6. The van der Waals surface area contributed by atoms with Gasteiger partial charge in [0.15, 0.2) is 0 Å². The predicted octanol–water partition coefficient (Wildman–Crippen LogP) is 3.69. The van der Waals surface area contributed by atoms with E-state index in [9.17, 15) is 4.79 Å². The van der Waals surface area contributed by atoms with Crippen LogP contribution >= 0.6 is 0 Å². The molecule has 1 fully saturated rings. The number of aryl methyl sites for hydroxylation is 1. The van der Waals surface area contributed by atoms with Crippen molar-refractivity contribution < 1.29 is 9.53 Å². The Balaban J connectivity index is 1.56. The van der Waals surface area contributed by atoms with E-state index in [-0.39, 0.29) is 17.9 Å². The first-order valence-electron chi connectivity index (χ1n) is 9.83. The number of rotatable bonds is 4. The topological polar surface area (TPSA) is 69.0 Å². The van der Waals surface area contributed by atoms with Crippen molar-refractivity contribution >= 4 is 27.7 Å². The Kier molecular flexibility index (Phi) is 4.19. The number of nitrogens with zero attached hydrogens (tertiary/aromatic N) is 3. The van der Waals surface area contributed by atoms with Gasteiger partial charge in [0.1, 0.15) is 11.9 Å². The zero-order valence-electron chi connectivity index (χ0n) is 16.4. The Morgan fingerprint density at radius 3 is 2.93 bits per heavy atom. The van der Waals surface area contributed by atoms with Crippen molar-refractivity contribution in [3.05, 3.63) is 54.9 Å². The van der Waals surface area contributed by atoms with Crippen LogP contribution in [0, 0.1) is 5.92 Å². The van der Waals surface area contributed by atoms with Gasteiger partial charge < -0.3 is 10.1 Å². The van der Waals surface area contributed by atoms with Gasteiger partial charge in [-0.2, -0.15) is 5.10 Å². The number of fused-ring (bicyclic) bond motifs is 2. The van der Waals surface area contributed by atoms with Crippen LogP contribution in [0.25, 0.3) is 32.9 Å². The number of pyridine rings is 1. The Bertz CT molecular complexity index is 1230. The van der Waals surface area contributed by atoms with Crippen molar-refractivity contribution in [3.8, 4) is 16.9 Å². The molecule has 1 saturated heterocycles. The fraction of sp³-hybridized carbons (Fsp3) is 0.261. The molecule has 6 nitrogen and oxygen atoms in total. The van der Waals surface area contributed by atoms with Crippen molar-refractivity contribution in [2.45, 2.75) is 19.4 Å². The van der Waals surface area contributed by atoms with Crippen LogP contribution in [0.2, 0.25) is 0 Å². The first kappa shape index (κ1) is 17.7. The molecule has 0 aliphatic carbocycles. The average Bonchev–Trinajstić information content (AvgIpc) is 3.33. The Hall–Kier alpha value is -3.41. The summed E-state index contributed by atoms with van der Waals surface area (Å²) in [4.78, 5) is 16.1. The number of aromatic nitrogens is 3. The van der Waals surface area contributed by atoms with Gasteiger partial charge in [-0.3, -0.25) is 14.5 Å². The molecule has 4 aromatic rings. The number of nitrogens with one attached hydrogen (secondary N) is 1. The predicted molar refractivity (Wildman–Crippen MR) is 113 cm³/mol. The number of carbonyl (C=O) groups excluding carboxylic acids is 1. The Labute approximate surface area is 168 Å². The van der Waals surface area contributed by atoms with Crippen LogP contribution in [0.15, 0.2) is 54.9 Å². The van der Waals surface area contributed by atoms with Crippen molar-refractivity contribution in [1.82, 2.24) is 20.1 Å². The second-order valence-corrected chi connectivity index (χ2v) is 7.68. The fourth-order valence-corrected chi connectivity index (χ4v) is 4.01. The Morgan fingerprint density at radius 1 is 1.21 bits per heavy atom. The number of ether oxygens (including phenoxy) is 1. The van der Waals surface area contributed by atoms with Crippen LogP contribution in [0.4, 0.5) is 0 Å². The number of hydrogen-bond acceptors (Lipinski definition) is 4. The molecule has 2 aromatic heterocycles. The van der Waals surface area contributed by atoms with E-state index in [0.717, 1.165) is 38.7 Å². The minimum Gasteiger partial charge on any atom is -0.490 e. The minimum atomic E-state index is -0.0755. The molecule has 0 saturated carbocycles. The summed E-state index contributed by atoms with van der Waals surface area (Å²) in [5.74, 6) is 1.06. The van der Waals surface area contributed by atoms with E-state index in [1.54, 1.807) is 6.20 Å². The highest BCUT2D eigenvalue weighted by Crippen LogP contribution is 2.34. The summed E-state index contributed by atoms with van der Waals surface area (Å²) < 4.78 is 8.23. The lowest BCUT2D eigenvalue weighted by Crippen LogP contribution is -2.25. The molecule has 29 heavy (non-hydrogen) atoms. The van der Waals surface area contributed by atoms with Gasteiger partial charge in [0.2, 0.25) is 5.91 Å². The number of amides is 1. The molecular formula is C23H22N4O2. The third kappa shape index (κ3) is 3.20. The lowest BCUT2D eigenvalue weighted by Gasteiger charge is -2.21. The highest BCUT2D eigenvalue weighted by atomic mass is 16.5. The van der Waals surface area contributed by atoms with Crippen molar-refractivity contribution in [2.75, 3.05) is 6.54 Å². The summed E-state index contributed by atoms with van der Waals surface area (Å²) in [6.45, 7) is 2.69. The monoisotopic (exact) mass is 386 g/mol. The lowest BCUT2D eigenvalue weighted by molar-refractivity contribution is -0.119. The maximum Gasteiger partial charge on any atom is 0.220 e. The smallest absolute Gasteiger partial charge is 0.220 e. The summed E-state index contributed by atoms with van der Waals surface area (Å²) >= 11 is 0. The number of hydrogen-bond donors (Lipinski definition) is 1. The van der Waals surface area contributed by atoms with E-state index in [1.165, 1.54) is 0 Å². The van der Waals surface area contributed by atoms with Crippen LogP contribution in [0.3, 0.4) is 0 Å². The van der Waals surface area contributed by atoms with E-state index in [0.29, 0.717) is 13.0 Å².